The third kappa shape index (κ3) is 3.22. The quantitative estimate of drug-likeness (QED) is 0.760. The molecule has 1 rings (SSSR count). The van der Waals surface area contributed by atoms with Gasteiger partial charge in [0, 0.05) is 13.0 Å². The van der Waals surface area contributed by atoms with E-state index in [2.05, 4.69) is 10.6 Å². The van der Waals surface area contributed by atoms with Gasteiger partial charge in [0.05, 0.1) is 0 Å². The van der Waals surface area contributed by atoms with Gasteiger partial charge in [-0.2, -0.15) is 0 Å². The van der Waals surface area contributed by atoms with E-state index in [9.17, 15) is 9.59 Å². The van der Waals surface area contributed by atoms with Crippen LogP contribution >= 0.6 is 0 Å². The average molecular weight is 226 g/mol. The van der Waals surface area contributed by atoms with Crippen LogP contribution in [0.3, 0.4) is 0 Å². The highest BCUT2D eigenvalue weighted by Gasteiger charge is 2.33. The number of nitrogens with one attached hydrogen (secondary N) is 2. The average Bonchev–Trinajstić information content (AvgIpc) is 2.69. The third-order valence-corrected chi connectivity index (χ3v) is 3.35. The molecule has 4 nitrogen and oxygen atoms in total. The maximum absolute atomic E-state index is 12.1. The number of rotatable bonds is 4. The molecule has 92 valence electrons. The molecule has 0 bridgehead atoms. The van der Waals surface area contributed by atoms with Crippen LogP contribution in [-0.2, 0) is 9.59 Å². The molecule has 1 saturated carbocycles. The van der Waals surface area contributed by atoms with E-state index in [4.69, 9.17) is 0 Å². The fourth-order valence-electron chi connectivity index (χ4n) is 2.11. The van der Waals surface area contributed by atoms with Crippen LogP contribution in [0.2, 0.25) is 0 Å². The van der Waals surface area contributed by atoms with Gasteiger partial charge >= 0.3 is 0 Å². The second kappa shape index (κ2) is 5.32. The maximum atomic E-state index is 12.1. The Balaban J connectivity index is 2.56. The van der Waals surface area contributed by atoms with Crippen LogP contribution in [0, 0.1) is 0 Å². The minimum atomic E-state index is -0.769. The van der Waals surface area contributed by atoms with E-state index in [1.165, 1.54) is 19.8 Å². The summed E-state index contributed by atoms with van der Waals surface area (Å²) in [5.41, 5.74) is -0.769. The van der Waals surface area contributed by atoms with E-state index in [0.717, 1.165) is 12.8 Å². The predicted octanol–water partition coefficient (Wildman–Crippen LogP) is 1.35. The topological polar surface area (TPSA) is 58.2 Å². The van der Waals surface area contributed by atoms with Gasteiger partial charge in [-0.1, -0.05) is 19.8 Å². The summed E-state index contributed by atoms with van der Waals surface area (Å²) in [5.74, 6) is -0.219. The second-order valence-electron chi connectivity index (χ2n) is 4.82. The molecule has 0 aliphatic heterocycles. The van der Waals surface area contributed by atoms with Crippen LogP contribution in [0.25, 0.3) is 0 Å². The third-order valence-electron chi connectivity index (χ3n) is 3.35. The zero-order valence-corrected chi connectivity index (χ0v) is 10.4. The first-order valence-electron chi connectivity index (χ1n) is 6.07. The Bertz CT molecular complexity index is 272. The molecule has 1 aliphatic carbocycles. The van der Waals surface area contributed by atoms with Gasteiger partial charge in [0.2, 0.25) is 11.8 Å². The standard InChI is InChI=1S/C12H22N2O2/c1-4-12(3,14-9(2)15)11(16)13-10-7-5-6-8-10/h10H,4-8H2,1-3H3,(H,13,16)(H,14,15)/t12-/m1/s1. The van der Waals surface area contributed by atoms with Crippen molar-refractivity contribution in [3.63, 3.8) is 0 Å². The summed E-state index contributed by atoms with van der Waals surface area (Å²) in [4.78, 5) is 23.1. The Morgan fingerprint density at radius 3 is 2.31 bits per heavy atom. The lowest BCUT2D eigenvalue weighted by Crippen LogP contribution is -2.57. The highest BCUT2D eigenvalue weighted by atomic mass is 16.2. The van der Waals surface area contributed by atoms with E-state index in [-0.39, 0.29) is 11.8 Å². The fraction of sp³-hybridized carbons (Fsp3) is 0.833. The van der Waals surface area contributed by atoms with Crippen molar-refractivity contribution >= 4 is 11.8 Å². The van der Waals surface area contributed by atoms with Crippen LogP contribution in [0.5, 0.6) is 0 Å². The van der Waals surface area contributed by atoms with Crippen molar-refractivity contribution in [2.45, 2.75) is 64.5 Å². The molecule has 0 radical (unpaired) electrons. The largest absolute Gasteiger partial charge is 0.351 e. The van der Waals surface area contributed by atoms with E-state index < -0.39 is 5.54 Å². The molecule has 0 aromatic heterocycles. The SMILES string of the molecule is CC[C@@](C)(NC(C)=O)C(=O)NC1CCCC1. The number of carbonyl (C=O) groups is 2. The summed E-state index contributed by atoms with van der Waals surface area (Å²) in [6.45, 7) is 5.12. The van der Waals surface area contributed by atoms with Gasteiger partial charge in [0.15, 0.2) is 0 Å². The minimum absolute atomic E-state index is 0.0582. The highest BCUT2D eigenvalue weighted by Crippen LogP contribution is 2.19. The molecule has 0 aromatic carbocycles. The van der Waals surface area contributed by atoms with Crippen molar-refractivity contribution in [1.82, 2.24) is 10.6 Å². The van der Waals surface area contributed by atoms with Gasteiger partial charge in [-0.05, 0) is 26.2 Å². The van der Waals surface area contributed by atoms with Gasteiger partial charge < -0.3 is 10.6 Å². The summed E-state index contributed by atoms with van der Waals surface area (Å²) in [5, 5.41) is 5.75. The van der Waals surface area contributed by atoms with Gasteiger partial charge in [-0.25, -0.2) is 0 Å². The fourth-order valence-corrected chi connectivity index (χ4v) is 2.11. The molecule has 4 heteroatoms. The number of hydrogen-bond acceptors (Lipinski definition) is 2. The molecule has 0 heterocycles. The summed E-state index contributed by atoms with van der Waals surface area (Å²) in [6.07, 6.45) is 5.10. The molecule has 1 fully saturated rings. The lowest BCUT2D eigenvalue weighted by molar-refractivity contribution is -0.132. The van der Waals surface area contributed by atoms with E-state index >= 15 is 0 Å². The van der Waals surface area contributed by atoms with Crippen LogP contribution in [-0.4, -0.2) is 23.4 Å². The Kier molecular flexibility index (Phi) is 4.33. The van der Waals surface area contributed by atoms with E-state index in [1.807, 2.05) is 6.92 Å². The Hall–Kier alpha value is -1.06. The van der Waals surface area contributed by atoms with Crippen LogP contribution in [0.15, 0.2) is 0 Å². The first kappa shape index (κ1) is 13.0. The molecule has 2 amide bonds. The molecule has 0 aromatic rings. The lowest BCUT2D eigenvalue weighted by Gasteiger charge is -2.29. The first-order chi connectivity index (χ1) is 7.48. The lowest BCUT2D eigenvalue weighted by atomic mass is 9.97. The van der Waals surface area contributed by atoms with Gasteiger partial charge in [0.25, 0.3) is 0 Å². The molecule has 1 atom stereocenters. The van der Waals surface area contributed by atoms with Crippen LogP contribution in [0.4, 0.5) is 0 Å². The van der Waals surface area contributed by atoms with Crippen LogP contribution < -0.4 is 10.6 Å². The number of amides is 2. The summed E-state index contributed by atoms with van der Waals surface area (Å²) >= 11 is 0. The Morgan fingerprint density at radius 2 is 1.88 bits per heavy atom. The molecule has 16 heavy (non-hydrogen) atoms. The zero-order chi connectivity index (χ0) is 12.2. The molecule has 2 N–H and O–H groups in total. The number of carbonyl (C=O) groups excluding carboxylic acids is 2. The first-order valence-corrected chi connectivity index (χ1v) is 6.07. The van der Waals surface area contributed by atoms with Gasteiger partial charge in [-0.15, -0.1) is 0 Å². The van der Waals surface area contributed by atoms with Gasteiger partial charge in [-0.3, -0.25) is 9.59 Å². The highest BCUT2D eigenvalue weighted by molar-refractivity contribution is 5.90. The van der Waals surface area contributed by atoms with Crippen LogP contribution in [0.1, 0.15) is 52.9 Å². The molecule has 0 spiro atoms. The summed E-state index contributed by atoms with van der Waals surface area (Å²) < 4.78 is 0. The van der Waals surface area contributed by atoms with Gasteiger partial charge in [0.1, 0.15) is 5.54 Å². The maximum Gasteiger partial charge on any atom is 0.245 e. The minimum Gasteiger partial charge on any atom is -0.351 e. The molecular weight excluding hydrogens is 204 g/mol. The normalized spacial score (nSPS) is 20.2. The van der Waals surface area contributed by atoms with Crippen molar-refractivity contribution in [3.8, 4) is 0 Å². The Labute approximate surface area is 97.2 Å². The van der Waals surface area contributed by atoms with E-state index in [1.54, 1.807) is 6.92 Å². The molecular formula is C12H22N2O2. The summed E-state index contributed by atoms with van der Waals surface area (Å²) in [6, 6.07) is 0.298. The van der Waals surface area contributed by atoms with Crippen molar-refractivity contribution in [1.29, 1.82) is 0 Å². The van der Waals surface area contributed by atoms with E-state index in [0.29, 0.717) is 12.5 Å². The molecule has 0 unspecified atom stereocenters. The zero-order valence-electron chi connectivity index (χ0n) is 10.4. The van der Waals surface area contributed by atoms with Crippen molar-refractivity contribution in [3.05, 3.63) is 0 Å². The molecule has 0 saturated heterocycles. The van der Waals surface area contributed by atoms with Crippen molar-refractivity contribution in [2.24, 2.45) is 0 Å². The smallest absolute Gasteiger partial charge is 0.245 e. The Morgan fingerprint density at radius 1 is 1.31 bits per heavy atom. The predicted molar refractivity (Wildman–Crippen MR) is 62.9 cm³/mol. The molecule has 1 aliphatic rings. The second-order valence-corrected chi connectivity index (χ2v) is 4.82. The monoisotopic (exact) mass is 226 g/mol. The summed E-state index contributed by atoms with van der Waals surface area (Å²) in [7, 11) is 0. The van der Waals surface area contributed by atoms with Crippen molar-refractivity contribution < 1.29 is 9.59 Å². The van der Waals surface area contributed by atoms with Crippen molar-refractivity contribution in [2.75, 3.05) is 0 Å². The number of hydrogen-bond donors (Lipinski definition) is 2.